The fourth-order valence-corrected chi connectivity index (χ4v) is 4.06. The molecule has 1 aromatic carbocycles. The van der Waals surface area contributed by atoms with Gasteiger partial charge in [0.1, 0.15) is 5.25 Å². The minimum Gasteiger partial charge on any atom is -0.354 e. The fourth-order valence-electron chi connectivity index (χ4n) is 2.40. The summed E-state index contributed by atoms with van der Waals surface area (Å²) in [6, 6.07) is 11.7. The van der Waals surface area contributed by atoms with Gasteiger partial charge in [-0.05, 0) is 29.7 Å². The van der Waals surface area contributed by atoms with Gasteiger partial charge in [-0.3, -0.25) is 9.78 Å². The summed E-state index contributed by atoms with van der Waals surface area (Å²) >= 11 is 0. The zero-order valence-corrected chi connectivity index (χ0v) is 14.7. The Morgan fingerprint density at radius 3 is 2.42 bits per heavy atom. The average Bonchev–Trinajstić information content (AvgIpc) is 2.56. The number of benzene rings is 1. The van der Waals surface area contributed by atoms with Gasteiger partial charge in [-0.25, -0.2) is 8.42 Å². The molecule has 6 heteroatoms. The number of carbonyl (C=O) groups is 1. The van der Waals surface area contributed by atoms with Crippen molar-refractivity contribution < 1.29 is 13.2 Å². The second-order valence-electron chi connectivity index (χ2n) is 6.04. The molecule has 1 aromatic heterocycles. The van der Waals surface area contributed by atoms with Gasteiger partial charge in [0, 0.05) is 25.4 Å². The Morgan fingerprint density at radius 2 is 1.83 bits per heavy atom. The second-order valence-corrected chi connectivity index (χ2v) is 8.17. The Kier molecular flexibility index (Phi) is 6.09. The molecule has 24 heavy (non-hydrogen) atoms. The Morgan fingerprint density at radius 1 is 1.12 bits per heavy atom. The van der Waals surface area contributed by atoms with Crippen LogP contribution in [0.15, 0.2) is 59.8 Å². The molecule has 0 aliphatic carbocycles. The largest absolute Gasteiger partial charge is 0.354 e. The molecule has 1 amide bonds. The van der Waals surface area contributed by atoms with Gasteiger partial charge in [-0.2, -0.15) is 0 Å². The van der Waals surface area contributed by atoms with E-state index >= 15 is 0 Å². The molecular weight excluding hydrogens is 324 g/mol. The fraction of sp³-hybridized carbons (Fsp3) is 0.333. The van der Waals surface area contributed by atoms with Crippen molar-refractivity contribution in [2.45, 2.75) is 30.4 Å². The zero-order valence-electron chi connectivity index (χ0n) is 13.8. The highest BCUT2D eigenvalue weighted by molar-refractivity contribution is 7.91. The van der Waals surface area contributed by atoms with Crippen LogP contribution in [0.3, 0.4) is 0 Å². The number of nitrogens with one attached hydrogen (secondary N) is 1. The van der Waals surface area contributed by atoms with Crippen molar-refractivity contribution in [3.63, 3.8) is 0 Å². The lowest BCUT2D eigenvalue weighted by Gasteiger charge is -2.19. The third kappa shape index (κ3) is 4.64. The number of hydrogen-bond acceptors (Lipinski definition) is 4. The van der Waals surface area contributed by atoms with E-state index in [1.165, 1.54) is 6.20 Å². The first-order chi connectivity index (χ1) is 11.4. The van der Waals surface area contributed by atoms with Crippen molar-refractivity contribution in [2.75, 3.05) is 6.54 Å². The molecule has 0 fully saturated rings. The van der Waals surface area contributed by atoms with Crippen LogP contribution in [0.1, 0.15) is 31.1 Å². The number of aromatic nitrogens is 1. The minimum absolute atomic E-state index is 0.0223. The van der Waals surface area contributed by atoms with Gasteiger partial charge in [0.05, 0.1) is 4.90 Å². The first kappa shape index (κ1) is 18.1. The van der Waals surface area contributed by atoms with Crippen LogP contribution in [-0.4, -0.2) is 25.9 Å². The lowest BCUT2D eigenvalue weighted by Crippen LogP contribution is -2.32. The maximum atomic E-state index is 13.0. The first-order valence-corrected chi connectivity index (χ1v) is 9.41. The molecule has 128 valence electrons. The van der Waals surface area contributed by atoms with Gasteiger partial charge >= 0.3 is 0 Å². The van der Waals surface area contributed by atoms with E-state index in [4.69, 9.17) is 0 Å². The van der Waals surface area contributed by atoms with Crippen molar-refractivity contribution >= 4 is 15.7 Å². The normalized spacial score (nSPS) is 12.8. The van der Waals surface area contributed by atoms with Crippen molar-refractivity contribution in [3.05, 3.63) is 60.4 Å². The van der Waals surface area contributed by atoms with E-state index in [2.05, 4.69) is 10.3 Å². The Labute approximate surface area is 143 Å². The third-order valence-corrected chi connectivity index (χ3v) is 5.70. The summed E-state index contributed by atoms with van der Waals surface area (Å²) in [5.74, 6) is 0.0646. The molecule has 0 bridgehead atoms. The minimum atomic E-state index is -3.63. The number of amides is 1. The number of sulfone groups is 1. The van der Waals surface area contributed by atoms with Gasteiger partial charge in [-0.1, -0.05) is 38.1 Å². The summed E-state index contributed by atoms with van der Waals surface area (Å²) in [6.45, 7) is 3.91. The van der Waals surface area contributed by atoms with Crippen molar-refractivity contribution in [1.82, 2.24) is 10.3 Å². The predicted octanol–water partition coefficient (Wildman–Crippen LogP) is 2.76. The van der Waals surface area contributed by atoms with Crippen molar-refractivity contribution in [3.8, 4) is 0 Å². The van der Waals surface area contributed by atoms with E-state index in [1.54, 1.807) is 48.7 Å². The summed E-state index contributed by atoms with van der Waals surface area (Å²) in [5, 5.41) is 1.87. The van der Waals surface area contributed by atoms with Gasteiger partial charge in [-0.15, -0.1) is 0 Å². The van der Waals surface area contributed by atoms with Crippen LogP contribution < -0.4 is 5.32 Å². The van der Waals surface area contributed by atoms with Crippen LogP contribution >= 0.6 is 0 Å². The maximum Gasteiger partial charge on any atom is 0.220 e. The van der Waals surface area contributed by atoms with Crippen LogP contribution in [0.25, 0.3) is 0 Å². The molecular formula is C18H22N2O3S. The van der Waals surface area contributed by atoms with E-state index in [0.29, 0.717) is 12.0 Å². The summed E-state index contributed by atoms with van der Waals surface area (Å²) in [7, 11) is -3.63. The Hall–Kier alpha value is -2.21. The first-order valence-electron chi connectivity index (χ1n) is 7.87. The highest BCUT2D eigenvalue weighted by Gasteiger charge is 2.29. The van der Waals surface area contributed by atoms with Crippen molar-refractivity contribution in [1.29, 1.82) is 0 Å². The molecule has 0 aliphatic rings. The van der Waals surface area contributed by atoms with Crippen LogP contribution in [0.5, 0.6) is 0 Å². The van der Waals surface area contributed by atoms with Gasteiger partial charge in [0.15, 0.2) is 9.84 Å². The van der Waals surface area contributed by atoms with Crippen LogP contribution in [0.2, 0.25) is 0 Å². The summed E-state index contributed by atoms with van der Waals surface area (Å²) in [5.41, 5.74) is 0.561. The van der Waals surface area contributed by atoms with Crippen molar-refractivity contribution in [2.24, 2.45) is 5.92 Å². The molecule has 1 N–H and O–H groups in total. The highest BCUT2D eigenvalue weighted by Crippen LogP contribution is 2.27. The lowest BCUT2D eigenvalue weighted by molar-refractivity contribution is -0.121. The molecule has 0 saturated carbocycles. The topological polar surface area (TPSA) is 76.1 Å². The van der Waals surface area contributed by atoms with E-state index < -0.39 is 15.1 Å². The highest BCUT2D eigenvalue weighted by atomic mass is 32.2. The van der Waals surface area contributed by atoms with E-state index in [0.717, 1.165) is 0 Å². The third-order valence-electron chi connectivity index (χ3n) is 3.58. The molecule has 0 saturated heterocycles. The standard InChI is InChI=1S/C18H22N2O3S/c1-14(2)11-18(21)20-13-17(15-7-6-10-19-12-15)24(22,23)16-8-4-3-5-9-16/h3-10,12,14,17H,11,13H2,1-2H3,(H,20,21)/t17-/m1/s1. The van der Waals surface area contributed by atoms with Crippen LogP contribution in [0.4, 0.5) is 0 Å². The molecule has 1 atom stereocenters. The molecule has 0 aliphatic heterocycles. The lowest BCUT2D eigenvalue weighted by atomic mass is 10.1. The van der Waals surface area contributed by atoms with Gasteiger partial charge in [0.2, 0.25) is 5.91 Å². The smallest absolute Gasteiger partial charge is 0.220 e. The maximum absolute atomic E-state index is 13.0. The van der Waals surface area contributed by atoms with E-state index in [1.807, 2.05) is 13.8 Å². The molecule has 2 rings (SSSR count). The molecule has 2 aromatic rings. The van der Waals surface area contributed by atoms with E-state index in [9.17, 15) is 13.2 Å². The SMILES string of the molecule is CC(C)CC(=O)NC[C@H](c1cccnc1)S(=O)(=O)c1ccccc1. The molecule has 0 radical (unpaired) electrons. The number of carbonyl (C=O) groups excluding carboxylic acids is 1. The molecule has 0 unspecified atom stereocenters. The zero-order chi connectivity index (χ0) is 17.6. The number of nitrogens with zero attached hydrogens (tertiary/aromatic N) is 1. The number of pyridine rings is 1. The summed E-state index contributed by atoms with van der Waals surface area (Å²) < 4.78 is 26.0. The predicted molar refractivity (Wildman–Crippen MR) is 93.1 cm³/mol. The van der Waals surface area contributed by atoms with Gasteiger partial charge < -0.3 is 5.32 Å². The quantitative estimate of drug-likeness (QED) is 0.836. The summed E-state index contributed by atoms with van der Waals surface area (Å²) in [6.07, 6.45) is 3.48. The van der Waals surface area contributed by atoms with Crippen LogP contribution in [-0.2, 0) is 14.6 Å². The molecule has 5 nitrogen and oxygen atoms in total. The number of hydrogen-bond donors (Lipinski definition) is 1. The molecule has 1 heterocycles. The molecule has 0 spiro atoms. The van der Waals surface area contributed by atoms with Crippen LogP contribution in [0, 0.1) is 5.92 Å². The monoisotopic (exact) mass is 346 g/mol. The average molecular weight is 346 g/mol. The van der Waals surface area contributed by atoms with Gasteiger partial charge in [0.25, 0.3) is 0 Å². The Bertz CT molecular complexity index is 759. The second kappa shape index (κ2) is 8.06. The summed E-state index contributed by atoms with van der Waals surface area (Å²) in [4.78, 5) is 16.2. The van der Waals surface area contributed by atoms with E-state index in [-0.39, 0.29) is 23.3 Å². The number of rotatable bonds is 7. The Balaban J connectivity index is 2.29.